The quantitative estimate of drug-likeness (QED) is 0.812. The first-order chi connectivity index (χ1) is 8.99. The van der Waals surface area contributed by atoms with Crippen molar-refractivity contribution in [2.24, 2.45) is 5.41 Å². The van der Waals surface area contributed by atoms with Gasteiger partial charge in [0.2, 0.25) is 17.7 Å². The number of amides is 1. The lowest BCUT2D eigenvalue weighted by molar-refractivity contribution is -0.180. The maximum atomic E-state index is 12.5. The number of ether oxygens (including phenoxy) is 1. The number of hydrogen-bond donors (Lipinski definition) is 0. The molecule has 0 spiro atoms. The van der Waals surface area contributed by atoms with E-state index in [1.165, 1.54) is 0 Å². The zero-order valence-corrected chi connectivity index (χ0v) is 11.6. The molecule has 0 aliphatic carbocycles. The minimum atomic E-state index is -0.286. The maximum Gasteiger partial charge on any atom is 0.233 e. The zero-order valence-electron chi connectivity index (χ0n) is 11.6. The fourth-order valence-corrected chi connectivity index (χ4v) is 2.78. The van der Waals surface area contributed by atoms with Crippen LogP contribution in [0, 0.1) is 12.3 Å². The van der Waals surface area contributed by atoms with E-state index < -0.39 is 0 Å². The van der Waals surface area contributed by atoms with Crippen LogP contribution in [-0.4, -0.2) is 47.3 Å². The topological polar surface area (TPSA) is 68.5 Å². The van der Waals surface area contributed by atoms with E-state index in [2.05, 4.69) is 17.1 Å². The molecule has 0 bridgehead atoms. The summed E-state index contributed by atoms with van der Waals surface area (Å²) in [6.07, 6.45) is 0.832. The van der Waals surface area contributed by atoms with Crippen LogP contribution in [0.1, 0.15) is 32.0 Å². The van der Waals surface area contributed by atoms with Crippen molar-refractivity contribution in [3.05, 3.63) is 11.8 Å². The van der Waals surface area contributed by atoms with Crippen LogP contribution in [0.2, 0.25) is 0 Å². The fraction of sp³-hybridized carbons (Fsp3) is 0.769. The summed E-state index contributed by atoms with van der Waals surface area (Å²) in [4.78, 5) is 14.3. The van der Waals surface area contributed by atoms with Gasteiger partial charge >= 0.3 is 0 Å². The van der Waals surface area contributed by atoms with E-state index in [0.29, 0.717) is 38.1 Å². The van der Waals surface area contributed by atoms with Gasteiger partial charge in [0.25, 0.3) is 0 Å². The summed E-state index contributed by atoms with van der Waals surface area (Å²) >= 11 is 0. The molecule has 2 aliphatic rings. The van der Waals surface area contributed by atoms with E-state index in [4.69, 9.17) is 9.15 Å². The Labute approximate surface area is 112 Å². The molecule has 19 heavy (non-hydrogen) atoms. The van der Waals surface area contributed by atoms with Crippen molar-refractivity contribution in [2.75, 3.05) is 26.3 Å². The van der Waals surface area contributed by atoms with E-state index in [9.17, 15) is 4.79 Å². The van der Waals surface area contributed by atoms with E-state index in [0.717, 1.165) is 6.42 Å². The molecule has 3 heterocycles. The number of carbonyl (C=O) groups excluding carboxylic acids is 1. The van der Waals surface area contributed by atoms with Gasteiger partial charge < -0.3 is 14.1 Å². The molecule has 0 atom stereocenters. The Morgan fingerprint density at radius 3 is 2.47 bits per heavy atom. The molecule has 2 saturated heterocycles. The third-order valence-electron chi connectivity index (χ3n) is 4.30. The van der Waals surface area contributed by atoms with Gasteiger partial charge in [-0.25, -0.2) is 0 Å². The molecule has 0 radical (unpaired) electrons. The van der Waals surface area contributed by atoms with E-state index in [1.807, 2.05) is 11.8 Å². The molecular weight excluding hydrogens is 246 g/mol. The average molecular weight is 265 g/mol. The number of nitrogens with zero attached hydrogens (tertiary/aromatic N) is 3. The molecular formula is C13H19N3O3. The predicted octanol–water partition coefficient (Wildman–Crippen LogP) is 0.905. The summed E-state index contributed by atoms with van der Waals surface area (Å²) in [5.41, 5.74) is -0.484. The van der Waals surface area contributed by atoms with Crippen molar-refractivity contribution >= 4 is 5.91 Å². The van der Waals surface area contributed by atoms with E-state index >= 15 is 0 Å². The first kappa shape index (κ1) is 12.6. The summed E-state index contributed by atoms with van der Waals surface area (Å²) in [5.74, 6) is 1.40. The third kappa shape index (κ3) is 1.77. The van der Waals surface area contributed by atoms with Crippen LogP contribution in [0.25, 0.3) is 0 Å². The second-order valence-corrected chi connectivity index (χ2v) is 5.97. The van der Waals surface area contributed by atoms with Gasteiger partial charge in [0.15, 0.2) is 0 Å². The van der Waals surface area contributed by atoms with Crippen molar-refractivity contribution in [2.45, 2.75) is 32.6 Å². The summed E-state index contributed by atoms with van der Waals surface area (Å²) in [6, 6.07) is 0. The first-order valence-corrected chi connectivity index (χ1v) is 6.67. The number of aryl methyl sites for hydroxylation is 1. The highest BCUT2D eigenvalue weighted by Crippen LogP contribution is 2.40. The van der Waals surface area contributed by atoms with Crippen LogP contribution >= 0.6 is 0 Å². The second-order valence-electron chi connectivity index (χ2n) is 5.97. The lowest BCUT2D eigenvalue weighted by Crippen LogP contribution is -2.65. The highest BCUT2D eigenvalue weighted by Gasteiger charge is 2.53. The summed E-state index contributed by atoms with van der Waals surface area (Å²) in [6.45, 7) is 8.27. The fourth-order valence-electron chi connectivity index (χ4n) is 2.78. The minimum absolute atomic E-state index is 0.198. The van der Waals surface area contributed by atoms with Gasteiger partial charge in [-0.3, -0.25) is 4.79 Å². The maximum absolute atomic E-state index is 12.5. The van der Waals surface area contributed by atoms with E-state index in [-0.39, 0.29) is 16.7 Å². The van der Waals surface area contributed by atoms with Gasteiger partial charge in [-0.1, -0.05) is 6.92 Å². The van der Waals surface area contributed by atoms with Gasteiger partial charge in [-0.05, 0) is 13.3 Å². The Hall–Kier alpha value is -1.43. The van der Waals surface area contributed by atoms with Crippen LogP contribution in [0.3, 0.4) is 0 Å². The van der Waals surface area contributed by atoms with Crippen molar-refractivity contribution < 1.29 is 13.9 Å². The number of rotatable bonds is 3. The average Bonchev–Trinajstić information content (AvgIpc) is 2.71. The lowest BCUT2D eigenvalue weighted by atomic mass is 9.76. The Morgan fingerprint density at radius 2 is 2.05 bits per heavy atom. The molecule has 1 aromatic heterocycles. The van der Waals surface area contributed by atoms with Crippen LogP contribution in [0.4, 0.5) is 0 Å². The standard InChI is InChI=1S/C13H19N3O3/c1-4-13(7-18-8-13)11(17)16-5-12(3,6-16)10-15-14-9(2)19-10/h4-8H2,1-3H3. The lowest BCUT2D eigenvalue weighted by Gasteiger charge is -2.51. The molecule has 2 fully saturated rings. The van der Waals surface area contributed by atoms with Crippen LogP contribution in [0.5, 0.6) is 0 Å². The van der Waals surface area contributed by atoms with Gasteiger partial charge in [0.1, 0.15) is 0 Å². The number of carbonyl (C=O) groups is 1. The smallest absolute Gasteiger partial charge is 0.233 e. The van der Waals surface area contributed by atoms with Crippen LogP contribution in [-0.2, 0) is 14.9 Å². The summed E-state index contributed by atoms with van der Waals surface area (Å²) in [5, 5.41) is 7.93. The SMILES string of the molecule is CCC1(C(=O)N2CC(C)(c3nnc(C)o3)C2)COC1. The number of aromatic nitrogens is 2. The number of hydrogen-bond acceptors (Lipinski definition) is 5. The Balaban J connectivity index is 1.68. The van der Waals surface area contributed by atoms with Crippen molar-refractivity contribution in [3.63, 3.8) is 0 Å². The highest BCUT2D eigenvalue weighted by molar-refractivity contribution is 5.85. The van der Waals surface area contributed by atoms with Gasteiger partial charge in [-0.2, -0.15) is 0 Å². The van der Waals surface area contributed by atoms with Crippen LogP contribution < -0.4 is 0 Å². The first-order valence-electron chi connectivity index (χ1n) is 6.67. The molecule has 1 aromatic rings. The summed E-state index contributed by atoms with van der Waals surface area (Å²) in [7, 11) is 0. The minimum Gasteiger partial charge on any atom is -0.425 e. The second kappa shape index (κ2) is 4.03. The molecule has 0 saturated carbocycles. The molecule has 0 aromatic carbocycles. The molecule has 6 heteroatoms. The monoisotopic (exact) mass is 265 g/mol. The Morgan fingerprint density at radius 1 is 1.37 bits per heavy atom. The van der Waals surface area contributed by atoms with Gasteiger partial charge in [-0.15, -0.1) is 10.2 Å². The normalized spacial score (nSPS) is 23.6. The largest absolute Gasteiger partial charge is 0.425 e. The molecule has 3 rings (SSSR count). The highest BCUT2D eigenvalue weighted by atomic mass is 16.5. The van der Waals surface area contributed by atoms with Crippen molar-refractivity contribution in [3.8, 4) is 0 Å². The third-order valence-corrected chi connectivity index (χ3v) is 4.30. The number of likely N-dealkylation sites (tertiary alicyclic amines) is 1. The molecule has 0 N–H and O–H groups in total. The predicted molar refractivity (Wildman–Crippen MR) is 66.5 cm³/mol. The van der Waals surface area contributed by atoms with E-state index in [1.54, 1.807) is 6.92 Å². The van der Waals surface area contributed by atoms with Crippen molar-refractivity contribution in [1.29, 1.82) is 0 Å². The molecule has 104 valence electrons. The molecule has 2 aliphatic heterocycles. The van der Waals surface area contributed by atoms with Crippen molar-refractivity contribution in [1.82, 2.24) is 15.1 Å². The zero-order chi connectivity index (χ0) is 13.7. The van der Waals surface area contributed by atoms with Gasteiger partial charge in [0, 0.05) is 20.0 Å². The molecule has 1 amide bonds. The van der Waals surface area contributed by atoms with Crippen LogP contribution in [0.15, 0.2) is 4.42 Å². The molecule has 6 nitrogen and oxygen atoms in total. The molecule has 0 unspecified atom stereocenters. The Bertz CT molecular complexity index is 495. The summed E-state index contributed by atoms with van der Waals surface area (Å²) < 4.78 is 10.7. The van der Waals surface area contributed by atoms with Gasteiger partial charge in [0.05, 0.1) is 24.0 Å². The Kier molecular flexibility index (Phi) is 2.67.